The monoisotopic (exact) mass is 445 g/mol. The lowest BCUT2D eigenvalue weighted by molar-refractivity contribution is 0.0509. The summed E-state index contributed by atoms with van der Waals surface area (Å²) in [5.41, 5.74) is 5.09. The lowest BCUT2D eigenvalue weighted by Crippen LogP contribution is -2.47. The molecule has 1 saturated carbocycles. The van der Waals surface area contributed by atoms with Gasteiger partial charge in [0.2, 0.25) is 0 Å². The molecule has 32 heavy (non-hydrogen) atoms. The average molecular weight is 446 g/mol. The highest BCUT2D eigenvalue weighted by molar-refractivity contribution is 6.30. The smallest absolute Gasteiger partial charge is 0.254 e. The molecule has 1 aliphatic heterocycles. The number of piperidine rings is 1. The molecule has 1 amide bonds. The van der Waals surface area contributed by atoms with E-state index in [-0.39, 0.29) is 11.9 Å². The normalized spacial score (nSPS) is 19.2. The maximum atomic E-state index is 13.9. The van der Waals surface area contributed by atoms with E-state index >= 15 is 0 Å². The molecule has 3 aromatic rings. The minimum Gasteiger partial charge on any atom is -0.336 e. The molecule has 5 heteroatoms. The van der Waals surface area contributed by atoms with Crippen molar-refractivity contribution in [2.45, 2.75) is 51.5 Å². The third-order valence-corrected chi connectivity index (χ3v) is 7.30. The molecule has 3 heterocycles. The number of rotatable bonds is 5. The molecule has 0 bridgehead atoms. The first kappa shape index (κ1) is 21.1. The lowest BCUT2D eigenvalue weighted by atomic mass is 9.85. The topological polar surface area (TPSA) is 46.1 Å². The minimum absolute atomic E-state index is 0.124. The second-order valence-corrected chi connectivity index (χ2v) is 9.81. The fourth-order valence-corrected chi connectivity index (χ4v) is 5.12. The lowest BCUT2D eigenvalue weighted by Gasteiger charge is -2.40. The summed E-state index contributed by atoms with van der Waals surface area (Å²) in [4.78, 5) is 25.0. The zero-order valence-corrected chi connectivity index (χ0v) is 19.2. The SMILES string of the molecule is Cc1ccc(-c2ccccn2)c(C(=O)N2CCC3(CC3)C[C@H]2CCc2ccc(Cl)cn2)c1. The number of pyridine rings is 2. The summed E-state index contributed by atoms with van der Waals surface area (Å²) in [6.45, 7) is 2.87. The van der Waals surface area contributed by atoms with Gasteiger partial charge in [0.05, 0.1) is 10.7 Å². The molecule has 1 spiro atoms. The van der Waals surface area contributed by atoms with Crippen LogP contribution in [-0.4, -0.2) is 33.4 Å². The molecule has 0 N–H and O–H groups in total. The van der Waals surface area contributed by atoms with Crippen LogP contribution in [0.5, 0.6) is 0 Å². The predicted molar refractivity (Wildman–Crippen MR) is 128 cm³/mol. The van der Waals surface area contributed by atoms with Crippen LogP contribution >= 0.6 is 11.6 Å². The van der Waals surface area contributed by atoms with Crippen molar-refractivity contribution in [3.8, 4) is 11.3 Å². The Kier molecular flexibility index (Phi) is 5.73. The highest BCUT2D eigenvalue weighted by Gasteiger charge is 2.48. The molecule has 2 aliphatic rings. The van der Waals surface area contributed by atoms with E-state index in [1.807, 2.05) is 49.4 Å². The van der Waals surface area contributed by atoms with Crippen LogP contribution < -0.4 is 0 Å². The largest absolute Gasteiger partial charge is 0.336 e. The molecule has 1 aliphatic carbocycles. The van der Waals surface area contributed by atoms with E-state index in [2.05, 4.69) is 20.9 Å². The van der Waals surface area contributed by atoms with E-state index in [0.717, 1.165) is 60.3 Å². The second-order valence-electron chi connectivity index (χ2n) is 9.38. The Labute approximate surface area is 194 Å². The summed E-state index contributed by atoms with van der Waals surface area (Å²) in [6, 6.07) is 16.1. The van der Waals surface area contributed by atoms with Gasteiger partial charge < -0.3 is 4.90 Å². The van der Waals surface area contributed by atoms with Gasteiger partial charge in [0.25, 0.3) is 5.91 Å². The van der Waals surface area contributed by atoms with Crippen molar-refractivity contribution >= 4 is 17.5 Å². The highest BCUT2D eigenvalue weighted by Crippen LogP contribution is 2.55. The van der Waals surface area contributed by atoms with Crippen molar-refractivity contribution < 1.29 is 4.79 Å². The van der Waals surface area contributed by atoms with E-state index in [9.17, 15) is 4.79 Å². The number of amides is 1. The van der Waals surface area contributed by atoms with E-state index in [1.165, 1.54) is 12.8 Å². The van der Waals surface area contributed by atoms with Crippen LogP contribution in [0.2, 0.25) is 5.02 Å². The summed E-state index contributed by atoms with van der Waals surface area (Å²) < 4.78 is 0. The number of likely N-dealkylation sites (tertiary alicyclic amines) is 1. The molecular weight excluding hydrogens is 418 g/mol. The number of aryl methyl sites for hydroxylation is 2. The van der Waals surface area contributed by atoms with E-state index in [4.69, 9.17) is 11.6 Å². The van der Waals surface area contributed by atoms with Crippen LogP contribution in [0.3, 0.4) is 0 Å². The fraction of sp³-hybridized carbons (Fsp3) is 0.370. The van der Waals surface area contributed by atoms with E-state index < -0.39 is 0 Å². The van der Waals surface area contributed by atoms with Crippen LogP contribution in [0.25, 0.3) is 11.3 Å². The number of hydrogen-bond acceptors (Lipinski definition) is 3. The van der Waals surface area contributed by atoms with Gasteiger partial charge in [-0.05, 0) is 81.2 Å². The summed E-state index contributed by atoms with van der Waals surface area (Å²) in [7, 11) is 0. The first-order valence-corrected chi connectivity index (χ1v) is 11.8. The van der Waals surface area contributed by atoms with Crippen LogP contribution in [0.4, 0.5) is 0 Å². The Morgan fingerprint density at radius 2 is 2.00 bits per heavy atom. The fourth-order valence-electron chi connectivity index (χ4n) is 5.01. The van der Waals surface area contributed by atoms with Crippen molar-refractivity contribution in [1.82, 2.24) is 14.9 Å². The quantitative estimate of drug-likeness (QED) is 0.475. The van der Waals surface area contributed by atoms with Crippen molar-refractivity contribution in [3.05, 3.63) is 82.8 Å². The molecule has 5 rings (SSSR count). The summed E-state index contributed by atoms with van der Waals surface area (Å²) in [6.07, 6.45) is 10.1. The van der Waals surface area contributed by atoms with E-state index in [1.54, 1.807) is 12.4 Å². The molecule has 0 unspecified atom stereocenters. The molecule has 4 nitrogen and oxygen atoms in total. The summed E-state index contributed by atoms with van der Waals surface area (Å²) >= 11 is 6.00. The Morgan fingerprint density at radius 1 is 1.12 bits per heavy atom. The van der Waals surface area contributed by atoms with Crippen molar-refractivity contribution in [2.75, 3.05) is 6.54 Å². The minimum atomic E-state index is 0.124. The second kappa shape index (κ2) is 8.67. The van der Waals surface area contributed by atoms with Crippen molar-refractivity contribution in [3.63, 3.8) is 0 Å². The Balaban J connectivity index is 1.42. The van der Waals surface area contributed by atoms with Gasteiger partial charge in [-0.25, -0.2) is 0 Å². The number of benzene rings is 1. The van der Waals surface area contributed by atoms with Crippen molar-refractivity contribution in [1.29, 1.82) is 0 Å². The molecule has 0 radical (unpaired) electrons. The molecule has 1 atom stereocenters. The molecular formula is C27H28ClN3O. The van der Waals surface area contributed by atoms with Crippen LogP contribution in [0, 0.1) is 12.3 Å². The third kappa shape index (κ3) is 4.42. The highest BCUT2D eigenvalue weighted by atomic mass is 35.5. The summed E-state index contributed by atoms with van der Waals surface area (Å²) in [5, 5.41) is 0.654. The third-order valence-electron chi connectivity index (χ3n) is 7.08. The Morgan fingerprint density at radius 3 is 2.72 bits per heavy atom. The average Bonchev–Trinajstić information content (AvgIpc) is 3.57. The molecule has 164 valence electrons. The zero-order valence-electron chi connectivity index (χ0n) is 18.4. The number of hydrogen-bond donors (Lipinski definition) is 0. The standard InChI is InChI=1S/C27H28ClN3O/c1-19-5-10-23(25-4-2-3-14-29-25)24(16-19)26(32)31-15-13-27(11-12-27)17-22(31)9-8-21-7-6-20(28)18-30-21/h2-7,10,14,16,18,22H,8-9,11-13,15,17H2,1H3/t22-/m1/s1. The molecule has 2 fully saturated rings. The maximum absolute atomic E-state index is 13.9. The predicted octanol–water partition coefficient (Wildman–Crippen LogP) is 6.12. The van der Waals surface area contributed by atoms with Crippen LogP contribution in [0.15, 0.2) is 60.9 Å². The van der Waals surface area contributed by atoms with E-state index in [0.29, 0.717) is 10.4 Å². The Bertz CT molecular complexity index is 1110. The first-order chi connectivity index (χ1) is 15.5. The van der Waals surface area contributed by atoms with Crippen molar-refractivity contribution in [2.24, 2.45) is 5.41 Å². The van der Waals surface area contributed by atoms with Gasteiger partial charge in [0, 0.05) is 41.8 Å². The molecule has 2 aromatic heterocycles. The number of carbonyl (C=O) groups excluding carboxylic acids is 1. The van der Waals surface area contributed by atoms with Gasteiger partial charge in [-0.1, -0.05) is 35.4 Å². The van der Waals surface area contributed by atoms with Crippen LogP contribution in [0.1, 0.15) is 53.7 Å². The summed E-state index contributed by atoms with van der Waals surface area (Å²) in [5.74, 6) is 0.124. The molecule has 1 aromatic carbocycles. The molecule has 1 saturated heterocycles. The van der Waals surface area contributed by atoms with Gasteiger partial charge in [-0.15, -0.1) is 0 Å². The maximum Gasteiger partial charge on any atom is 0.254 e. The van der Waals surface area contributed by atoms with Gasteiger partial charge in [-0.3, -0.25) is 14.8 Å². The zero-order chi connectivity index (χ0) is 22.1. The number of halogens is 1. The van der Waals surface area contributed by atoms with Gasteiger partial charge in [0.1, 0.15) is 0 Å². The Hall–Kier alpha value is -2.72. The van der Waals surface area contributed by atoms with Gasteiger partial charge in [0.15, 0.2) is 0 Å². The number of nitrogens with zero attached hydrogens (tertiary/aromatic N) is 3. The number of carbonyl (C=O) groups is 1. The van der Waals surface area contributed by atoms with Gasteiger partial charge in [-0.2, -0.15) is 0 Å². The van der Waals surface area contributed by atoms with Crippen LogP contribution in [-0.2, 0) is 6.42 Å². The number of aromatic nitrogens is 2. The van der Waals surface area contributed by atoms with Gasteiger partial charge >= 0.3 is 0 Å². The first-order valence-electron chi connectivity index (χ1n) is 11.5.